The molecule has 6 heteroatoms. The van der Waals surface area contributed by atoms with Gasteiger partial charge in [0.05, 0.1) is 17.3 Å². The highest BCUT2D eigenvalue weighted by Gasteiger charge is 2.30. The van der Waals surface area contributed by atoms with Crippen molar-refractivity contribution in [2.24, 2.45) is 13.0 Å². The van der Waals surface area contributed by atoms with Gasteiger partial charge in [-0.1, -0.05) is 0 Å². The zero-order valence-electron chi connectivity index (χ0n) is 15.3. The molecule has 0 radical (unpaired) electrons. The van der Waals surface area contributed by atoms with Gasteiger partial charge in [-0.15, -0.1) is 0 Å². The molecule has 0 aromatic carbocycles. The Morgan fingerprint density at radius 2 is 2.08 bits per heavy atom. The van der Waals surface area contributed by atoms with Crippen molar-refractivity contribution in [3.8, 4) is 0 Å². The van der Waals surface area contributed by atoms with Gasteiger partial charge >= 0.3 is 0 Å². The number of carbonyl (C=O) groups is 1. The highest BCUT2D eigenvalue weighted by Crippen LogP contribution is 2.29. The van der Waals surface area contributed by atoms with Gasteiger partial charge in [0.1, 0.15) is 0 Å². The average molecular weight is 333 g/mol. The number of nitrogens with zero attached hydrogens (tertiary/aromatic N) is 4. The monoisotopic (exact) mass is 333 g/mol. The molecule has 1 amide bonds. The standard InChI is InChI=1S/C18H31N5O/c1-21(2)13-16-11-17(20-22(16)3)14-6-9-23(10-7-14)18(24)15-5-4-8-19-12-15/h11,14-15,19H,4-10,12-13H2,1-3H3/t15-/m1/s1. The maximum Gasteiger partial charge on any atom is 0.226 e. The molecule has 24 heavy (non-hydrogen) atoms. The topological polar surface area (TPSA) is 53.4 Å². The summed E-state index contributed by atoms with van der Waals surface area (Å²) < 4.78 is 2.00. The molecule has 3 rings (SSSR count). The minimum absolute atomic E-state index is 0.192. The lowest BCUT2D eigenvalue weighted by atomic mass is 9.91. The summed E-state index contributed by atoms with van der Waals surface area (Å²) in [4.78, 5) is 16.9. The van der Waals surface area contributed by atoms with E-state index in [0.29, 0.717) is 11.8 Å². The van der Waals surface area contributed by atoms with E-state index in [1.54, 1.807) is 0 Å². The van der Waals surface area contributed by atoms with Crippen molar-refractivity contribution in [1.29, 1.82) is 0 Å². The van der Waals surface area contributed by atoms with E-state index in [1.807, 2.05) is 11.7 Å². The number of carbonyl (C=O) groups excluding carboxylic acids is 1. The Morgan fingerprint density at radius 3 is 2.71 bits per heavy atom. The van der Waals surface area contributed by atoms with Crippen LogP contribution in [0.4, 0.5) is 0 Å². The van der Waals surface area contributed by atoms with E-state index in [9.17, 15) is 4.79 Å². The summed E-state index contributed by atoms with van der Waals surface area (Å²) in [6.45, 7) is 4.57. The van der Waals surface area contributed by atoms with E-state index in [2.05, 4.69) is 35.3 Å². The molecule has 134 valence electrons. The summed E-state index contributed by atoms with van der Waals surface area (Å²) in [7, 11) is 6.19. The maximum atomic E-state index is 12.6. The van der Waals surface area contributed by atoms with E-state index in [0.717, 1.165) is 58.4 Å². The van der Waals surface area contributed by atoms with Crippen LogP contribution >= 0.6 is 0 Å². The van der Waals surface area contributed by atoms with E-state index in [-0.39, 0.29) is 5.92 Å². The fourth-order valence-electron chi connectivity index (χ4n) is 3.92. The average Bonchev–Trinajstić information content (AvgIpc) is 2.95. The molecule has 1 atom stereocenters. The highest BCUT2D eigenvalue weighted by molar-refractivity contribution is 5.79. The first-order valence-corrected chi connectivity index (χ1v) is 9.21. The van der Waals surface area contributed by atoms with Crippen LogP contribution in [0.15, 0.2) is 6.07 Å². The number of rotatable bonds is 4. The summed E-state index contributed by atoms with van der Waals surface area (Å²) in [5.41, 5.74) is 2.45. The first kappa shape index (κ1) is 17.4. The lowest BCUT2D eigenvalue weighted by molar-refractivity contribution is -0.137. The number of hydrogen-bond acceptors (Lipinski definition) is 4. The van der Waals surface area contributed by atoms with Crippen LogP contribution in [0, 0.1) is 5.92 Å². The Morgan fingerprint density at radius 1 is 1.33 bits per heavy atom. The zero-order valence-corrected chi connectivity index (χ0v) is 15.3. The van der Waals surface area contributed by atoms with Gasteiger partial charge in [0.15, 0.2) is 0 Å². The van der Waals surface area contributed by atoms with E-state index >= 15 is 0 Å². The number of aryl methyl sites for hydroxylation is 1. The van der Waals surface area contributed by atoms with Crippen LogP contribution in [-0.4, -0.2) is 65.8 Å². The first-order valence-electron chi connectivity index (χ1n) is 9.21. The number of piperidine rings is 2. The van der Waals surface area contributed by atoms with Crippen LogP contribution < -0.4 is 5.32 Å². The van der Waals surface area contributed by atoms with Crippen LogP contribution in [0.5, 0.6) is 0 Å². The fourth-order valence-corrected chi connectivity index (χ4v) is 3.92. The molecule has 2 aliphatic rings. The smallest absolute Gasteiger partial charge is 0.226 e. The molecule has 0 unspecified atom stereocenters. The predicted molar refractivity (Wildman–Crippen MR) is 94.7 cm³/mol. The van der Waals surface area contributed by atoms with Gasteiger partial charge in [-0.3, -0.25) is 9.48 Å². The van der Waals surface area contributed by atoms with Crippen LogP contribution in [0.25, 0.3) is 0 Å². The quantitative estimate of drug-likeness (QED) is 0.899. The number of amides is 1. The molecule has 0 spiro atoms. The molecule has 0 bridgehead atoms. The normalized spacial score (nSPS) is 23.0. The van der Waals surface area contributed by atoms with E-state index in [4.69, 9.17) is 5.10 Å². The molecule has 3 heterocycles. The summed E-state index contributed by atoms with van der Waals surface area (Å²) >= 11 is 0. The highest BCUT2D eigenvalue weighted by atomic mass is 16.2. The Hall–Kier alpha value is -1.40. The lowest BCUT2D eigenvalue weighted by Crippen LogP contribution is -2.45. The van der Waals surface area contributed by atoms with Crippen LogP contribution in [-0.2, 0) is 18.4 Å². The van der Waals surface area contributed by atoms with Gasteiger partial charge in [0.25, 0.3) is 0 Å². The van der Waals surface area contributed by atoms with Crippen LogP contribution in [0.3, 0.4) is 0 Å². The van der Waals surface area contributed by atoms with Crippen LogP contribution in [0.2, 0.25) is 0 Å². The Kier molecular flexibility index (Phi) is 5.56. The number of nitrogens with one attached hydrogen (secondary N) is 1. The number of aromatic nitrogens is 2. The van der Waals surface area contributed by atoms with Crippen molar-refractivity contribution in [3.05, 3.63) is 17.5 Å². The summed E-state index contributed by atoms with van der Waals surface area (Å²) in [5, 5.41) is 8.07. The predicted octanol–water partition coefficient (Wildman–Crippen LogP) is 1.19. The maximum absolute atomic E-state index is 12.6. The molecule has 1 aromatic heterocycles. The number of hydrogen-bond donors (Lipinski definition) is 1. The molecule has 0 aliphatic carbocycles. The Balaban J connectivity index is 1.56. The third-order valence-electron chi connectivity index (χ3n) is 5.34. The van der Waals surface area contributed by atoms with Crippen molar-refractivity contribution in [2.75, 3.05) is 40.3 Å². The largest absolute Gasteiger partial charge is 0.342 e. The van der Waals surface area contributed by atoms with Crippen LogP contribution in [0.1, 0.15) is 43.0 Å². The minimum Gasteiger partial charge on any atom is -0.342 e. The summed E-state index contributed by atoms with van der Waals surface area (Å²) in [6.07, 6.45) is 4.23. The number of likely N-dealkylation sites (tertiary alicyclic amines) is 1. The molecule has 1 aromatic rings. The van der Waals surface area contributed by atoms with Gasteiger partial charge in [-0.05, 0) is 52.4 Å². The lowest BCUT2D eigenvalue weighted by Gasteiger charge is -2.34. The minimum atomic E-state index is 0.192. The van der Waals surface area contributed by atoms with Crippen molar-refractivity contribution in [2.45, 2.75) is 38.1 Å². The Bertz CT molecular complexity index is 554. The van der Waals surface area contributed by atoms with Crippen molar-refractivity contribution in [1.82, 2.24) is 24.9 Å². The molecular weight excluding hydrogens is 302 g/mol. The molecule has 6 nitrogen and oxygen atoms in total. The van der Waals surface area contributed by atoms with E-state index < -0.39 is 0 Å². The Labute approximate surface area is 145 Å². The summed E-state index contributed by atoms with van der Waals surface area (Å²) in [6, 6.07) is 2.24. The van der Waals surface area contributed by atoms with Gasteiger partial charge in [-0.25, -0.2) is 0 Å². The SMILES string of the molecule is CN(C)Cc1cc(C2CCN(C(=O)[C@@H]3CCCNC3)CC2)nn1C. The van der Waals surface area contributed by atoms with Gasteiger partial charge < -0.3 is 15.1 Å². The second-order valence-electron chi connectivity index (χ2n) is 7.56. The van der Waals surface area contributed by atoms with Gasteiger partial charge in [0.2, 0.25) is 5.91 Å². The van der Waals surface area contributed by atoms with Gasteiger partial charge in [-0.2, -0.15) is 5.10 Å². The van der Waals surface area contributed by atoms with Crippen molar-refractivity contribution < 1.29 is 4.79 Å². The molecule has 2 aliphatic heterocycles. The second kappa shape index (κ2) is 7.66. The van der Waals surface area contributed by atoms with Gasteiger partial charge in [0, 0.05) is 39.1 Å². The zero-order chi connectivity index (χ0) is 17.1. The molecule has 1 N–H and O–H groups in total. The third-order valence-corrected chi connectivity index (χ3v) is 5.34. The first-order chi connectivity index (χ1) is 11.5. The molecule has 0 saturated carbocycles. The second-order valence-corrected chi connectivity index (χ2v) is 7.56. The molecule has 2 saturated heterocycles. The van der Waals surface area contributed by atoms with Crippen molar-refractivity contribution in [3.63, 3.8) is 0 Å². The molecule has 2 fully saturated rings. The van der Waals surface area contributed by atoms with E-state index in [1.165, 1.54) is 11.4 Å². The fraction of sp³-hybridized carbons (Fsp3) is 0.778. The third kappa shape index (κ3) is 3.98. The molecular formula is C18H31N5O. The summed E-state index contributed by atoms with van der Waals surface area (Å²) in [5.74, 6) is 1.03. The van der Waals surface area contributed by atoms with Crippen molar-refractivity contribution >= 4 is 5.91 Å².